The third kappa shape index (κ3) is 3.89. The Morgan fingerprint density at radius 2 is 2.09 bits per heavy atom. The van der Waals surface area contributed by atoms with Crippen LogP contribution in [0.3, 0.4) is 0 Å². The Hall–Kier alpha value is -2.63. The van der Waals surface area contributed by atoms with Crippen molar-refractivity contribution in [3.8, 4) is 5.88 Å². The van der Waals surface area contributed by atoms with Gasteiger partial charge in [-0.15, -0.1) is 0 Å². The lowest BCUT2D eigenvalue weighted by Crippen LogP contribution is -2.59. The number of fused-ring (bicyclic) bond motifs is 3. The van der Waals surface area contributed by atoms with Crippen molar-refractivity contribution in [1.82, 2.24) is 19.4 Å². The number of hydrogen-bond donors (Lipinski definition) is 3. The van der Waals surface area contributed by atoms with Crippen LogP contribution >= 0.6 is 0 Å². The first kappa shape index (κ1) is 22.8. The number of ether oxygens (including phenoxy) is 2. The number of rotatable bonds is 5. The molecule has 0 spiro atoms. The van der Waals surface area contributed by atoms with Crippen LogP contribution in [0.5, 0.6) is 5.88 Å². The van der Waals surface area contributed by atoms with Crippen LogP contribution in [0.4, 0.5) is 10.5 Å². The van der Waals surface area contributed by atoms with Gasteiger partial charge in [-0.2, -0.15) is 5.10 Å². The summed E-state index contributed by atoms with van der Waals surface area (Å²) in [5.41, 5.74) is 5.83. The van der Waals surface area contributed by atoms with E-state index < -0.39 is 15.9 Å². The lowest BCUT2D eigenvalue weighted by Gasteiger charge is -2.44. The van der Waals surface area contributed by atoms with E-state index in [4.69, 9.17) is 14.3 Å². The highest BCUT2D eigenvalue weighted by atomic mass is 32.2. The number of urea groups is 1. The molecule has 1 unspecified atom stereocenters. The zero-order chi connectivity index (χ0) is 24.3. The van der Waals surface area contributed by atoms with Crippen molar-refractivity contribution in [2.75, 3.05) is 32.1 Å². The van der Waals surface area contributed by atoms with E-state index >= 15 is 0 Å². The Bertz CT molecular complexity index is 1280. The minimum absolute atomic E-state index is 0.0985. The highest BCUT2D eigenvalue weighted by Crippen LogP contribution is 2.44. The molecule has 0 radical (unpaired) electrons. The van der Waals surface area contributed by atoms with Gasteiger partial charge in [-0.05, 0) is 60.3 Å². The standard InChI is InChI=1S/C24H32N6O4S/c1-14-6-7-16-8-15-4-3-5-19(15)22(21(14)16)27-24(31)28-35(25,32)20-9-26-30-10-17(13-34-23(20)30)29-11-18(12-29)33-2/h8-9,14,17-18H,3-7,10-13H2,1-2H3,(H3,25,27,28,31,32)/t14-,17?,35-/m1/s1. The lowest BCUT2D eigenvalue weighted by molar-refractivity contribution is -0.0687. The van der Waals surface area contributed by atoms with Crippen LogP contribution in [0.2, 0.25) is 0 Å². The number of carbonyl (C=O) groups is 1. The van der Waals surface area contributed by atoms with Gasteiger partial charge in [-0.3, -0.25) is 4.90 Å². The largest absolute Gasteiger partial charge is 0.475 e. The summed E-state index contributed by atoms with van der Waals surface area (Å²) in [6.45, 7) is 4.86. The van der Waals surface area contributed by atoms with E-state index in [-0.39, 0.29) is 17.0 Å². The Balaban J connectivity index is 1.18. The third-order valence-electron chi connectivity index (χ3n) is 7.93. The van der Waals surface area contributed by atoms with Crippen LogP contribution < -0.4 is 14.8 Å². The number of methoxy groups -OCH3 is 1. The van der Waals surface area contributed by atoms with Crippen LogP contribution in [-0.4, -0.2) is 63.9 Å². The van der Waals surface area contributed by atoms with Crippen molar-refractivity contribution in [1.29, 1.82) is 4.78 Å². The highest BCUT2D eigenvalue weighted by Gasteiger charge is 2.37. The van der Waals surface area contributed by atoms with E-state index in [1.165, 1.54) is 28.5 Å². The minimum Gasteiger partial charge on any atom is -0.475 e. The molecule has 35 heavy (non-hydrogen) atoms. The van der Waals surface area contributed by atoms with E-state index in [1.54, 1.807) is 11.8 Å². The molecule has 0 bridgehead atoms. The number of likely N-dealkylation sites (tertiary alicyclic amines) is 1. The molecule has 2 aliphatic carbocycles. The molecule has 4 aliphatic rings. The smallest absolute Gasteiger partial charge is 0.331 e. The molecule has 6 rings (SSSR count). The van der Waals surface area contributed by atoms with E-state index in [2.05, 4.69) is 33.0 Å². The molecule has 1 fully saturated rings. The van der Waals surface area contributed by atoms with Crippen molar-refractivity contribution < 1.29 is 18.5 Å². The summed E-state index contributed by atoms with van der Waals surface area (Å²) >= 11 is 0. The Morgan fingerprint density at radius 1 is 1.26 bits per heavy atom. The molecule has 1 aromatic carbocycles. The van der Waals surface area contributed by atoms with E-state index in [0.717, 1.165) is 50.9 Å². The summed E-state index contributed by atoms with van der Waals surface area (Å²) in [5.74, 6) is 0.654. The first-order valence-corrected chi connectivity index (χ1v) is 13.9. The van der Waals surface area contributed by atoms with Gasteiger partial charge in [0.1, 0.15) is 11.5 Å². The van der Waals surface area contributed by atoms with Crippen LogP contribution in [0, 0.1) is 4.78 Å². The second-order valence-corrected chi connectivity index (χ2v) is 11.9. The zero-order valence-corrected chi connectivity index (χ0v) is 21.0. The van der Waals surface area contributed by atoms with Crippen LogP contribution in [-0.2, 0) is 40.5 Å². The predicted molar refractivity (Wildman–Crippen MR) is 130 cm³/mol. The highest BCUT2D eigenvalue weighted by molar-refractivity contribution is 7.91. The summed E-state index contributed by atoms with van der Waals surface area (Å²) in [7, 11) is -1.95. The van der Waals surface area contributed by atoms with Gasteiger partial charge in [0.25, 0.3) is 0 Å². The molecule has 3 N–H and O–H groups in total. The summed E-state index contributed by atoms with van der Waals surface area (Å²) in [5, 5.41) is 7.29. The monoisotopic (exact) mass is 500 g/mol. The zero-order valence-electron chi connectivity index (χ0n) is 20.1. The third-order valence-corrected chi connectivity index (χ3v) is 9.30. The molecular formula is C24H32N6O4S. The van der Waals surface area contributed by atoms with Crippen molar-refractivity contribution >= 4 is 21.6 Å². The van der Waals surface area contributed by atoms with Crippen LogP contribution in [0.25, 0.3) is 0 Å². The maximum absolute atomic E-state index is 13.4. The molecule has 11 heteroatoms. The lowest BCUT2D eigenvalue weighted by atomic mass is 9.95. The topological polar surface area (TPSA) is 122 Å². The van der Waals surface area contributed by atoms with Gasteiger partial charge in [0.05, 0.1) is 24.9 Å². The van der Waals surface area contributed by atoms with Crippen molar-refractivity contribution in [2.45, 2.75) is 68.5 Å². The Kier molecular flexibility index (Phi) is 5.53. The van der Waals surface area contributed by atoms with Crippen molar-refractivity contribution in [2.24, 2.45) is 0 Å². The van der Waals surface area contributed by atoms with Crippen LogP contribution in [0.15, 0.2) is 17.2 Å². The molecule has 10 nitrogen and oxygen atoms in total. The summed E-state index contributed by atoms with van der Waals surface area (Å²) in [6, 6.07) is 1.81. The molecule has 1 aromatic heterocycles. The fourth-order valence-electron chi connectivity index (χ4n) is 5.97. The van der Waals surface area contributed by atoms with E-state index in [0.29, 0.717) is 24.9 Å². The molecule has 0 saturated carbocycles. The number of nitrogens with zero attached hydrogens (tertiary/aromatic N) is 3. The molecule has 1 saturated heterocycles. The van der Waals surface area contributed by atoms with Gasteiger partial charge in [0.15, 0.2) is 9.92 Å². The van der Waals surface area contributed by atoms with Crippen molar-refractivity contribution in [3.05, 3.63) is 34.5 Å². The molecular weight excluding hydrogens is 468 g/mol. The number of benzene rings is 1. The summed E-state index contributed by atoms with van der Waals surface area (Å²) in [6.07, 6.45) is 6.72. The van der Waals surface area contributed by atoms with Gasteiger partial charge >= 0.3 is 6.03 Å². The second kappa shape index (κ2) is 8.49. The summed E-state index contributed by atoms with van der Waals surface area (Å²) in [4.78, 5) is 15.4. The number of carbonyl (C=O) groups excluding carboxylic acids is 1. The van der Waals surface area contributed by atoms with Gasteiger partial charge in [0, 0.05) is 25.9 Å². The second-order valence-electron chi connectivity index (χ2n) is 10.1. The fourth-order valence-corrected chi connectivity index (χ4v) is 7.00. The number of anilines is 1. The first-order chi connectivity index (χ1) is 16.8. The molecule has 3 atom stereocenters. The number of nitrogens with one attached hydrogen (secondary N) is 3. The quantitative estimate of drug-likeness (QED) is 0.580. The number of aryl methyl sites for hydroxylation is 2. The Labute approximate surface area is 205 Å². The fraction of sp³-hybridized carbons (Fsp3) is 0.583. The maximum Gasteiger partial charge on any atom is 0.331 e. The van der Waals surface area contributed by atoms with E-state index in [9.17, 15) is 9.00 Å². The number of hydrogen-bond acceptors (Lipinski definition) is 7. The number of amides is 2. The average Bonchev–Trinajstić information content (AvgIpc) is 3.51. The van der Waals surface area contributed by atoms with Gasteiger partial charge in [-0.25, -0.2) is 23.2 Å². The molecule has 2 aromatic rings. The Morgan fingerprint density at radius 3 is 2.89 bits per heavy atom. The van der Waals surface area contributed by atoms with E-state index in [1.807, 2.05) is 0 Å². The van der Waals surface area contributed by atoms with Gasteiger partial charge in [0.2, 0.25) is 5.88 Å². The van der Waals surface area contributed by atoms with Gasteiger partial charge < -0.3 is 14.8 Å². The predicted octanol–water partition coefficient (Wildman–Crippen LogP) is 2.66. The van der Waals surface area contributed by atoms with Gasteiger partial charge in [-0.1, -0.05) is 13.0 Å². The molecule has 3 heterocycles. The SMILES string of the molecule is COC1CN(C2COc3c([S@](=N)(=O)NC(=O)Nc4c5c(cc6c4[C@H](C)CC6)CCC5)cnn3C2)C1. The van der Waals surface area contributed by atoms with Crippen LogP contribution in [0.1, 0.15) is 47.9 Å². The minimum atomic E-state index is -3.67. The summed E-state index contributed by atoms with van der Waals surface area (Å²) < 4.78 is 37.1. The molecule has 2 aliphatic heterocycles. The molecule has 2 amide bonds. The average molecular weight is 501 g/mol. The normalized spacial score (nSPS) is 25.1. The first-order valence-electron chi connectivity index (χ1n) is 12.3. The number of aromatic nitrogens is 2. The van der Waals surface area contributed by atoms with Crippen molar-refractivity contribution in [3.63, 3.8) is 0 Å². The maximum atomic E-state index is 13.4. The molecule has 188 valence electrons.